The van der Waals surface area contributed by atoms with Gasteiger partial charge >= 0.3 is 0 Å². The molecule has 0 aliphatic rings. The second-order valence-corrected chi connectivity index (χ2v) is 5.62. The number of halogens is 2. The molecule has 0 aliphatic carbocycles. The van der Waals surface area contributed by atoms with Crippen molar-refractivity contribution in [1.82, 2.24) is 5.32 Å². The summed E-state index contributed by atoms with van der Waals surface area (Å²) in [4.78, 5) is 0. The smallest absolute Gasteiger partial charge is 0.129 e. The van der Waals surface area contributed by atoms with Crippen molar-refractivity contribution >= 4 is 15.9 Å². The molecule has 19 heavy (non-hydrogen) atoms. The van der Waals surface area contributed by atoms with E-state index in [4.69, 9.17) is 0 Å². The number of allylic oxidation sites excluding steroid dienone is 1. The van der Waals surface area contributed by atoms with Crippen molar-refractivity contribution < 1.29 is 4.39 Å². The molecule has 1 N–H and O–H groups in total. The Morgan fingerprint density at radius 1 is 1.37 bits per heavy atom. The van der Waals surface area contributed by atoms with Crippen LogP contribution in [0.3, 0.4) is 0 Å². The van der Waals surface area contributed by atoms with Gasteiger partial charge in [-0.05, 0) is 37.9 Å². The standard InChI is InChI=1S/C16H23BrFN/c1-3-5-6-7-8-9-16(19-4-2)14-11-10-13(17)12-15(14)18/h3,10-12,16,19H,1,4-9H2,2H3. The molecule has 1 aromatic carbocycles. The molecule has 0 amide bonds. The fourth-order valence-electron chi connectivity index (χ4n) is 2.21. The van der Waals surface area contributed by atoms with Crippen molar-refractivity contribution in [1.29, 1.82) is 0 Å². The van der Waals surface area contributed by atoms with Crippen molar-refractivity contribution in [2.75, 3.05) is 6.54 Å². The Hall–Kier alpha value is -0.670. The fraction of sp³-hybridized carbons (Fsp3) is 0.500. The molecule has 0 saturated heterocycles. The highest BCUT2D eigenvalue weighted by atomic mass is 79.9. The Labute approximate surface area is 124 Å². The SMILES string of the molecule is C=CCCCCCC(NCC)c1ccc(Br)cc1F. The normalized spacial score (nSPS) is 12.4. The summed E-state index contributed by atoms with van der Waals surface area (Å²) in [7, 11) is 0. The average molecular weight is 328 g/mol. The zero-order chi connectivity index (χ0) is 14.1. The lowest BCUT2D eigenvalue weighted by Gasteiger charge is -2.19. The first-order valence-electron chi connectivity index (χ1n) is 6.98. The van der Waals surface area contributed by atoms with E-state index in [0.717, 1.165) is 35.8 Å². The van der Waals surface area contributed by atoms with E-state index in [1.54, 1.807) is 0 Å². The Morgan fingerprint density at radius 2 is 2.16 bits per heavy atom. The van der Waals surface area contributed by atoms with Crippen LogP contribution < -0.4 is 5.32 Å². The Kier molecular flexibility index (Phi) is 7.99. The molecule has 0 aromatic heterocycles. The van der Waals surface area contributed by atoms with Gasteiger partial charge in [-0.1, -0.05) is 47.8 Å². The molecule has 0 radical (unpaired) electrons. The summed E-state index contributed by atoms with van der Waals surface area (Å²) in [5.74, 6) is -0.133. The summed E-state index contributed by atoms with van der Waals surface area (Å²) >= 11 is 3.30. The third kappa shape index (κ3) is 5.87. The van der Waals surface area contributed by atoms with Gasteiger partial charge in [0.05, 0.1) is 0 Å². The fourth-order valence-corrected chi connectivity index (χ4v) is 2.55. The van der Waals surface area contributed by atoms with Crippen LogP contribution in [0.5, 0.6) is 0 Å². The lowest BCUT2D eigenvalue weighted by Crippen LogP contribution is -2.21. The van der Waals surface area contributed by atoms with Gasteiger partial charge in [0.25, 0.3) is 0 Å². The van der Waals surface area contributed by atoms with Crippen LogP contribution in [-0.4, -0.2) is 6.54 Å². The van der Waals surface area contributed by atoms with Crippen molar-refractivity contribution in [3.05, 3.63) is 46.7 Å². The molecule has 106 valence electrons. The molecule has 1 unspecified atom stereocenters. The topological polar surface area (TPSA) is 12.0 Å². The van der Waals surface area contributed by atoms with Gasteiger partial charge in [-0.15, -0.1) is 6.58 Å². The first-order chi connectivity index (χ1) is 9.19. The van der Waals surface area contributed by atoms with E-state index < -0.39 is 0 Å². The minimum atomic E-state index is -0.133. The predicted molar refractivity (Wildman–Crippen MR) is 83.8 cm³/mol. The summed E-state index contributed by atoms with van der Waals surface area (Å²) in [5, 5.41) is 3.37. The van der Waals surface area contributed by atoms with Crippen molar-refractivity contribution in [2.24, 2.45) is 0 Å². The molecule has 0 heterocycles. The van der Waals surface area contributed by atoms with E-state index in [0.29, 0.717) is 0 Å². The van der Waals surface area contributed by atoms with Gasteiger partial charge in [0.1, 0.15) is 5.82 Å². The maximum absolute atomic E-state index is 14.0. The molecule has 3 heteroatoms. The van der Waals surface area contributed by atoms with Gasteiger partial charge in [0.2, 0.25) is 0 Å². The summed E-state index contributed by atoms with van der Waals surface area (Å²) < 4.78 is 14.8. The van der Waals surface area contributed by atoms with Crippen molar-refractivity contribution in [3.8, 4) is 0 Å². The Balaban J connectivity index is 2.58. The number of rotatable bonds is 9. The lowest BCUT2D eigenvalue weighted by atomic mass is 9.99. The van der Waals surface area contributed by atoms with E-state index >= 15 is 0 Å². The number of hydrogen-bond donors (Lipinski definition) is 1. The minimum Gasteiger partial charge on any atom is -0.310 e. The maximum Gasteiger partial charge on any atom is 0.129 e. The van der Waals surface area contributed by atoms with Crippen LogP contribution in [0.1, 0.15) is 50.6 Å². The van der Waals surface area contributed by atoms with E-state index in [2.05, 4.69) is 34.7 Å². The Bertz CT molecular complexity index is 392. The highest BCUT2D eigenvalue weighted by molar-refractivity contribution is 9.10. The van der Waals surface area contributed by atoms with Crippen LogP contribution in [0.4, 0.5) is 4.39 Å². The molecule has 1 nitrogen and oxygen atoms in total. The van der Waals surface area contributed by atoms with Crippen LogP contribution in [0.15, 0.2) is 35.3 Å². The summed E-state index contributed by atoms with van der Waals surface area (Å²) in [5.41, 5.74) is 0.772. The molecular weight excluding hydrogens is 305 g/mol. The molecule has 1 atom stereocenters. The van der Waals surface area contributed by atoms with Crippen LogP contribution in [0.2, 0.25) is 0 Å². The van der Waals surface area contributed by atoms with Gasteiger partial charge < -0.3 is 5.32 Å². The van der Waals surface area contributed by atoms with Gasteiger partial charge in [-0.3, -0.25) is 0 Å². The first-order valence-corrected chi connectivity index (χ1v) is 7.77. The molecule has 1 rings (SSSR count). The third-order valence-electron chi connectivity index (χ3n) is 3.19. The molecule has 0 aliphatic heterocycles. The van der Waals surface area contributed by atoms with Gasteiger partial charge in [-0.25, -0.2) is 4.39 Å². The molecule has 0 fully saturated rings. The predicted octanol–water partition coefficient (Wildman–Crippen LogP) is 5.38. The van der Waals surface area contributed by atoms with Crippen LogP contribution in [-0.2, 0) is 0 Å². The molecule has 1 aromatic rings. The monoisotopic (exact) mass is 327 g/mol. The van der Waals surface area contributed by atoms with E-state index in [9.17, 15) is 4.39 Å². The number of unbranched alkanes of at least 4 members (excludes halogenated alkanes) is 3. The zero-order valence-electron chi connectivity index (χ0n) is 11.6. The first kappa shape index (κ1) is 16.4. The van der Waals surface area contributed by atoms with Crippen LogP contribution >= 0.6 is 15.9 Å². The second-order valence-electron chi connectivity index (χ2n) is 4.70. The largest absolute Gasteiger partial charge is 0.310 e. The number of hydrogen-bond acceptors (Lipinski definition) is 1. The van der Waals surface area contributed by atoms with Crippen LogP contribution in [0.25, 0.3) is 0 Å². The minimum absolute atomic E-state index is 0.113. The molecular formula is C16H23BrFN. The zero-order valence-corrected chi connectivity index (χ0v) is 13.2. The van der Waals surface area contributed by atoms with Gasteiger partial charge in [-0.2, -0.15) is 0 Å². The van der Waals surface area contributed by atoms with Crippen molar-refractivity contribution in [3.63, 3.8) is 0 Å². The highest BCUT2D eigenvalue weighted by Gasteiger charge is 2.14. The summed E-state index contributed by atoms with van der Waals surface area (Å²) in [6.45, 7) is 6.63. The number of benzene rings is 1. The van der Waals surface area contributed by atoms with Gasteiger partial charge in [0, 0.05) is 16.1 Å². The highest BCUT2D eigenvalue weighted by Crippen LogP contribution is 2.25. The quantitative estimate of drug-likeness (QED) is 0.474. The molecule has 0 spiro atoms. The second kappa shape index (κ2) is 9.27. The summed E-state index contributed by atoms with van der Waals surface area (Å²) in [6, 6.07) is 5.43. The van der Waals surface area contributed by atoms with E-state index in [1.165, 1.54) is 18.9 Å². The third-order valence-corrected chi connectivity index (χ3v) is 3.68. The van der Waals surface area contributed by atoms with E-state index in [1.807, 2.05) is 18.2 Å². The van der Waals surface area contributed by atoms with Crippen LogP contribution in [0, 0.1) is 5.82 Å². The van der Waals surface area contributed by atoms with Gasteiger partial charge in [0.15, 0.2) is 0 Å². The Morgan fingerprint density at radius 3 is 2.79 bits per heavy atom. The summed E-state index contributed by atoms with van der Waals surface area (Å²) in [6.07, 6.45) is 7.45. The molecule has 0 bridgehead atoms. The average Bonchev–Trinajstić information content (AvgIpc) is 2.38. The number of nitrogens with one attached hydrogen (secondary N) is 1. The van der Waals surface area contributed by atoms with Crippen molar-refractivity contribution in [2.45, 2.75) is 45.1 Å². The lowest BCUT2D eigenvalue weighted by molar-refractivity contribution is 0.462. The van der Waals surface area contributed by atoms with E-state index in [-0.39, 0.29) is 11.9 Å². The maximum atomic E-state index is 14.0. The molecule has 0 saturated carbocycles.